The smallest absolute Gasteiger partial charge is 0.425 e. The number of hydrogen-bond donors (Lipinski definition) is 1. The van der Waals surface area contributed by atoms with E-state index in [-0.39, 0.29) is 19.0 Å². The first kappa shape index (κ1) is 28.6. The van der Waals surface area contributed by atoms with Crippen molar-refractivity contribution in [2.45, 2.75) is 78.1 Å². The molecule has 1 saturated heterocycles. The van der Waals surface area contributed by atoms with Crippen molar-refractivity contribution in [3.63, 3.8) is 0 Å². The van der Waals surface area contributed by atoms with Crippen molar-refractivity contribution in [3.05, 3.63) is 59.8 Å². The maximum Gasteiger partial charge on any atom is 0.425 e. The normalized spacial score (nSPS) is 17.1. The fourth-order valence-corrected chi connectivity index (χ4v) is 3.27. The van der Waals surface area contributed by atoms with Gasteiger partial charge in [0.2, 0.25) is 0 Å². The van der Waals surface area contributed by atoms with Gasteiger partial charge in [-0.25, -0.2) is 19.4 Å². The Morgan fingerprint density at radius 3 is 2.05 bits per heavy atom. The minimum absolute atomic E-state index is 0.0496. The average molecular weight is 528 g/mol. The first-order valence-corrected chi connectivity index (χ1v) is 12.1. The number of nitrogens with one attached hydrogen (secondary N) is 1. The van der Waals surface area contributed by atoms with Gasteiger partial charge in [0.25, 0.3) is 5.91 Å². The largest absolute Gasteiger partial charge is 0.459 e. The number of aromatic nitrogens is 1. The van der Waals surface area contributed by atoms with E-state index in [2.05, 4.69) is 10.3 Å². The number of benzene rings is 1. The van der Waals surface area contributed by atoms with Gasteiger partial charge in [0.1, 0.15) is 23.6 Å². The number of anilines is 1. The molecule has 3 amide bonds. The molecule has 1 fully saturated rings. The van der Waals surface area contributed by atoms with Gasteiger partial charge in [-0.2, -0.15) is 4.90 Å². The Kier molecular flexibility index (Phi) is 8.72. The van der Waals surface area contributed by atoms with Crippen molar-refractivity contribution in [1.82, 2.24) is 10.3 Å². The van der Waals surface area contributed by atoms with E-state index in [1.54, 1.807) is 47.6 Å². The number of hydrogen-bond acceptors (Lipinski definition) is 9. The summed E-state index contributed by atoms with van der Waals surface area (Å²) in [5, 5.41) is 2.49. The van der Waals surface area contributed by atoms with Crippen LogP contribution in [0.15, 0.2) is 48.7 Å². The molecule has 1 aromatic carbocycles. The molecular weight excluding hydrogens is 494 g/mol. The van der Waals surface area contributed by atoms with E-state index in [9.17, 15) is 19.2 Å². The summed E-state index contributed by atoms with van der Waals surface area (Å²) in [6, 6.07) is 11.2. The molecule has 11 nitrogen and oxygen atoms in total. The third-order valence-corrected chi connectivity index (χ3v) is 4.96. The zero-order valence-corrected chi connectivity index (χ0v) is 22.3. The number of pyridine rings is 1. The molecule has 3 rings (SSSR count). The van der Waals surface area contributed by atoms with Crippen molar-refractivity contribution in [2.75, 3.05) is 4.90 Å². The molecule has 204 valence electrons. The van der Waals surface area contributed by atoms with Crippen molar-refractivity contribution in [1.29, 1.82) is 0 Å². The van der Waals surface area contributed by atoms with Crippen molar-refractivity contribution in [2.24, 2.45) is 0 Å². The number of β-lactam (4-membered cyclic amide) rings is 1. The van der Waals surface area contributed by atoms with Gasteiger partial charge in [0.05, 0.1) is 6.61 Å². The van der Waals surface area contributed by atoms with Gasteiger partial charge in [-0.15, -0.1) is 0 Å². The summed E-state index contributed by atoms with van der Waals surface area (Å²) >= 11 is 0. The fraction of sp³-hybridized carbons (Fsp3) is 0.444. The van der Waals surface area contributed by atoms with Crippen molar-refractivity contribution in [3.8, 4) is 0 Å². The first-order chi connectivity index (χ1) is 17.7. The Balaban J connectivity index is 1.69. The number of amides is 3. The molecule has 1 aliphatic heterocycles. The summed E-state index contributed by atoms with van der Waals surface area (Å²) < 4.78 is 21.7. The van der Waals surface area contributed by atoms with E-state index in [1.807, 2.05) is 30.3 Å². The molecule has 0 unspecified atom stereocenters. The van der Waals surface area contributed by atoms with Crippen LogP contribution in [0.2, 0.25) is 0 Å². The number of carbonyl (C=O) groups is 4. The van der Waals surface area contributed by atoms with Crippen molar-refractivity contribution >= 4 is 29.9 Å². The molecule has 0 bridgehead atoms. The number of nitrogens with zero attached hydrogens (tertiary/aromatic N) is 2. The highest BCUT2D eigenvalue weighted by Crippen LogP contribution is 2.22. The van der Waals surface area contributed by atoms with Gasteiger partial charge < -0.3 is 24.3 Å². The van der Waals surface area contributed by atoms with Crippen LogP contribution in [0.5, 0.6) is 0 Å². The Hall–Kier alpha value is -3.99. The van der Waals surface area contributed by atoms with Crippen LogP contribution in [0.1, 0.15) is 52.7 Å². The summed E-state index contributed by atoms with van der Waals surface area (Å²) in [7, 11) is 0. The lowest BCUT2D eigenvalue weighted by Gasteiger charge is -2.34. The molecule has 0 aliphatic carbocycles. The van der Waals surface area contributed by atoms with E-state index in [4.69, 9.17) is 18.9 Å². The van der Waals surface area contributed by atoms with Gasteiger partial charge in [-0.05, 0) is 64.8 Å². The number of esters is 1. The third kappa shape index (κ3) is 8.01. The lowest BCUT2D eigenvalue weighted by atomic mass is 10.0. The van der Waals surface area contributed by atoms with Crippen LogP contribution in [-0.2, 0) is 41.8 Å². The molecule has 1 aliphatic rings. The highest BCUT2D eigenvalue weighted by atomic mass is 16.6. The maximum atomic E-state index is 12.9. The molecule has 0 radical (unpaired) electrons. The van der Waals surface area contributed by atoms with Crippen LogP contribution in [-0.4, -0.2) is 52.4 Å². The fourth-order valence-electron chi connectivity index (χ4n) is 3.27. The molecule has 2 heterocycles. The van der Waals surface area contributed by atoms with Crippen LogP contribution in [0.3, 0.4) is 0 Å². The molecule has 38 heavy (non-hydrogen) atoms. The molecule has 2 aromatic rings. The highest BCUT2D eigenvalue weighted by molar-refractivity contribution is 6.08. The Labute approximate surface area is 221 Å². The topological polar surface area (TPSA) is 133 Å². The van der Waals surface area contributed by atoms with Crippen LogP contribution in [0, 0.1) is 0 Å². The zero-order chi connectivity index (χ0) is 28.1. The van der Waals surface area contributed by atoms with Crippen LogP contribution >= 0.6 is 0 Å². The number of carbonyl (C=O) groups excluding carboxylic acids is 4. The summed E-state index contributed by atoms with van der Waals surface area (Å²) in [5.41, 5.74) is -0.449. The highest BCUT2D eigenvalue weighted by Gasteiger charge is 2.46. The van der Waals surface area contributed by atoms with E-state index < -0.39 is 47.4 Å². The minimum Gasteiger partial charge on any atom is -0.459 e. The minimum atomic E-state index is -1.05. The SMILES string of the molecule is CC(C)(C)OC(=O)N(C(=O)OC(C)(C)C)c1cc(CO[C@H]2C(=O)N[C@@H]2C(=O)OCc2ccccc2)ccn1. The van der Waals surface area contributed by atoms with E-state index in [0.29, 0.717) is 10.5 Å². The molecule has 0 saturated carbocycles. The second-order valence-corrected chi connectivity index (χ2v) is 10.6. The first-order valence-electron chi connectivity index (χ1n) is 12.1. The zero-order valence-electron chi connectivity index (χ0n) is 22.3. The summed E-state index contributed by atoms with van der Waals surface area (Å²) in [6.07, 6.45) is -1.60. The van der Waals surface area contributed by atoms with Crippen LogP contribution in [0.25, 0.3) is 0 Å². The maximum absolute atomic E-state index is 12.9. The molecule has 0 spiro atoms. The predicted octanol–water partition coefficient (Wildman–Crippen LogP) is 3.89. The second-order valence-electron chi connectivity index (χ2n) is 10.6. The quantitative estimate of drug-likeness (QED) is 0.323. The van der Waals surface area contributed by atoms with Gasteiger partial charge in [-0.1, -0.05) is 30.3 Å². The van der Waals surface area contributed by atoms with E-state index in [1.165, 1.54) is 12.3 Å². The molecule has 2 atom stereocenters. The summed E-state index contributed by atoms with van der Waals surface area (Å²) in [5.74, 6) is -1.12. The number of ether oxygens (including phenoxy) is 4. The van der Waals surface area contributed by atoms with Gasteiger partial charge in [-0.3, -0.25) is 4.79 Å². The van der Waals surface area contributed by atoms with Crippen molar-refractivity contribution < 1.29 is 38.1 Å². The van der Waals surface area contributed by atoms with Crippen LogP contribution < -0.4 is 10.2 Å². The summed E-state index contributed by atoms with van der Waals surface area (Å²) in [6.45, 7) is 9.97. The Bertz CT molecular complexity index is 1140. The number of imide groups is 1. The van der Waals surface area contributed by atoms with Crippen LogP contribution in [0.4, 0.5) is 15.4 Å². The van der Waals surface area contributed by atoms with Gasteiger partial charge in [0.15, 0.2) is 12.1 Å². The van der Waals surface area contributed by atoms with Gasteiger partial charge in [0, 0.05) is 6.20 Å². The average Bonchev–Trinajstić information content (AvgIpc) is 2.79. The predicted molar refractivity (Wildman–Crippen MR) is 136 cm³/mol. The Morgan fingerprint density at radius 1 is 0.895 bits per heavy atom. The summed E-state index contributed by atoms with van der Waals surface area (Å²) in [4.78, 5) is 55.1. The Morgan fingerprint density at radius 2 is 1.50 bits per heavy atom. The third-order valence-electron chi connectivity index (χ3n) is 4.96. The standard InChI is InChI=1S/C27H33N3O8/c1-26(2,3)37-24(33)30(25(34)38-27(4,5)6)19-14-18(12-13-28-19)16-35-21-20(29-22(21)31)23(32)36-15-17-10-8-7-9-11-17/h7-14,20-21H,15-16H2,1-6H3,(H,29,31)/t20-,21+/m0/s1. The van der Waals surface area contributed by atoms with Gasteiger partial charge >= 0.3 is 18.2 Å². The monoisotopic (exact) mass is 527 g/mol. The molecular formula is C27H33N3O8. The lowest BCUT2D eigenvalue weighted by Crippen LogP contribution is -2.67. The molecule has 1 aromatic heterocycles. The molecule has 11 heteroatoms. The van der Waals surface area contributed by atoms with E-state index >= 15 is 0 Å². The second kappa shape index (κ2) is 11.6. The van der Waals surface area contributed by atoms with E-state index in [0.717, 1.165) is 5.56 Å². The lowest BCUT2D eigenvalue weighted by molar-refractivity contribution is -0.168. The molecule has 1 N–H and O–H groups in total. The number of rotatable bonds is 7.